The maximum atomic E-state index is 13.0. The Labute approximate surface area is 205 Å². The van der Waals surface area contributed by atoms with Crippen LogP contribution in [0, 0.1) is 0 Å². The van der Waals surface area contributed by atoms with Gasteiger partial charge in [0.05, 0.1) is 18.7 Å². The van der Waals surface area contributed by atoms with E-state index in [0.717, 1.165) is 67.0 Å². The van der Waals surface area contributed by atoms with Gasteiger partial charge in [-0.2, -0.15) is 4.98 Å². The number of nitrogens with zero attached hydrogens (tertiary/aromatic N) is 6. The molecule has 3 aromatic rings. The lowest BCUT2D eigenvalue weighted by Gasteiger charge is -2.37. The molecular formula is C26H32N6OS. The molecule has 0 atom stereocenters. The molecule has 0 spiro atoms. The standard InChI is InChI=1S/C26H32N6OS/c1-3-29(2)25-22-19-32(24(33)18-21-10-7-17-34-21)12-11-23(22)27-26(28-25)31-15-13-30(14-16-31)20-8-5-4-6-9-20/h4-10,17H,3,11-16,18-19H2,1-2H3. The first-order chi connectivity index (χ1) is 16.6. The third-order valence-electron chi connectivity index (χ3n) is 6.80. The molecule has 2 aliphatic rings. The molecule has 1 saturated heterocycles. The van der Waals surface area contributed by atoms with Crippen molar-refractivity contribution in [1.82, 2.24) is 14.9 Å². The molecule has 178 valence electrons. The molecule has 0 unspecified atom stereocenters. The van der Waals surface area contributed by atoms with E-state index in [4.69, 9.17) is 9.97 Å². The van der Waals surface area contributed by atoms with Crippen LogP contribution in [0.3, 0.4) is 0 Å². The average Bonchev–Trinajstić information content (AvgIpc) is 3.41. The van der Waals surface area contributed by atoms with Crippen LogP contribution in [-0.2, 0) is 24.2 Å². The van der Waals surface area contributed by atoms with Crippen molar-refractivity contribution in [2.24, 2.45) is 0 Å². The van der Waals surface area contributed by atoms with Crippen LogP contribution in [0.4, 0.5) is 17.5 Å². The van der Waals surface area contributed by atoms with E-state index in [1.165, 1.54) is 5.69 Å². The van der Waals surface area contributed by atoms with Crippen LogP contribution < -0.4 is 14.7 Å². The van der Waals surface area contributed by atoms with Crippen LogP contribution in [-0.4, -0.2) is 67.1 Å². The Balaban J connectivity index is 1.34. The number of rotatable bonds is 6. The molecule has 8 heteroatoms. The summed E-state index contributed by atoms with van der Waals surface area (Å²) in [6.45, 7) is 7.99. The van der Waals surface area contributed by atoms with Gasteiger partial charge in [-0.1, -0.05) is 24.3 Å². The fraction of sp³-hybridized carbons (Fsp3) is 0.423. The zero-order valence-electron chi connectivity index (χ0n) is 20.0. The van der Waals surface area contributed by atoms with Crippen LogP contribution in [0.5, 0.6) is 0 Å². The fourth-order valence-corrected chi connectivity index (χ4v) is 5.38. The Bertz CT molecular complexity index is 1110. The Morgan fingerprint density at radius 1 is 1.00 bits per heavy atom. The predicted molar refractivity (Wildman–Crippen MR) is 139 cm³/mol. The Morgan fingerprint density at radius 2 is 1.76 bits per heavy atom. The highest BCUT2D eigenvalue weighted by Gasteiger charge is 2.28. The van der Waals surface area contributed by atoms with E-state index in [-0.39, 0.29) is 5.91 Å². The molecule has 0 saturated carbocycles. The summed E-state index contributed by atoms with van der Waals surface area (Å²) in [6.07, 6.45) is 1.24. The second-order valence-corrected chi connectivity index (χ2v) is 9.95. The molecule has 0 radical (unpaired) electrons. The number of hydrogen-bond acceptors (Lipinski definition) is 7. The van der Waals surface area contributed by atoms with Gasteiger partial charge in [-0.15, -0.1) is 11.3 Å². The van der Waals surface area contributed by atoms with Gasteiger partial charge < -0.3 is 19.6 Å². The lowest BCUT2D eigenvalue weighted by molar-refractivity contribution is -0.131. The molecule has 0 bridgehead atoms. The molecule has 0 aliphatic carbocycles. The van der Waals surface area contributed by atoms with Gasteiger partial charge in [0, 0.05) is 68.9 Å². The van der Waals surface area contributed by atoms with E-state index in [1.54, 1.807) is 11.3 Å². The quantitative estimate of drug-likeness (QED) is 0.543. The van der Waals surface area contributed by atoms with E-state index in [2.05, 4.69) is 59.0 Å². The number of benzene rings is 1. The van der Waals surface area contributed by atoms with Crippen LogP contribution in [0.2, 0.25) is 0 Å². The molecule has 1 amide bonds. The van der Waals surface area contributed by atoms with Crippen molar-refractivity contribution in [1.29, 1.82) is 0 Å². The van der Waals surface area contributed by atoms with Gasteiger partial charge in [0.15, 0.2) is 0 Å². The summed E-state index contributed by atoms with van der Waals surface area (Å²) in [6, 6.07) is 14.6. The molecule has 2 aliphatic heterocycles. The average molecular weight is 477 g/mol. The van der Waals surface area contributed by atoms with E-state index in [9.17, 15) is 4.79 Å². The first-order valence-corrected chi connectivity index (χ1v) is 13.0. The van der Waals surface area contributed by atoms with E-state index in [1.807, 2.05) is 22.4 Å². The van der Waals surface area contributed by atoms with Crippen LogP contribution in [0.25, 0.3) is 0 Å². The minimum atomic E-state index is 0.180. The highest BCUT2D eigenvalue weighted by atomic mass is 32.1. The summed E-state index contributed by atoms with van der Waals surface area (Å²) in [5, 5.41) is 2.03. The van der Waals surface area contributed by atoms with Gasteiger partial charge in [-0.3, -0.25) is 4.79 Å². The smallest absolute Gasteiger partial charge is 0.228 e. The number of fused-ring (bicyclic) bond motifs is 1. The summed E-state index contributed by atoms with van der Waals surface area (Å²) >= 11 is 1.64. The fourth-order valence-electron chi connectivity index (χ4n) is 4.68. The largest absolute Gasteiger partial charge is 0.368 e. The number of piperazine rings is 1. The van der Waals surface area contributed by atoms with Gasteiger partial charge in [0.1, 0.15) is 5.82 Å². The molecule has 2 aromatic heterocycles. The second kappa shape index (κ2) is 10.0. The molecular weight excluding hydrogens is 444 g/mol. The highest BCUT2D eigenvalue weighted by molar-refractivity contribution is 7.10. The van der Waals surface area contributed by atoms with Crippen LogP contribution in [0.15, 0.2) is 47.8 Å². The molecule has 1 aromatic carbocycles. The number of carbonyl (C=O) groups excluding carboxylic acids is 1. The van der Waals surface area contributed by atoms with Gasteiger partial charge >= 0.3 is 0 Å². The molecule has 7 nitrogen and oxygen atoms in total. The first kappa shape index (κ1) is 22.7. The zero-order valence-corrected chi connectivity index (χ0v) is 20.8. The lowest BCUT2D eigenvalue weighted by Crippen LogP contribution is -2.47. The SMILES string of the molecule is CCN(C)c1nc(N2CCN(c3ccccc3)CC2)nc2c1CN(C(=O)Cc1cccs1)CC2. The monoisotopic (exact) mass is 476 g/mol. The Kier molecular flexibility index (Phi) is 6.67. The van der Waals surface area contributed by atoms with E-state index < -0.39 is 0 Å². The molecule has 1 fully saturated rings. The minimum Gasteiger partial charge on any atom is -0.368 e. The third kappa shape index (κ3) is 4.73. The Morgan fingerprint density at radius 3 is 2.47 bits per heavy atom. The topological polar surface area (TPSA) is 55.8 Å². The number of thiophene rings is 1. The molecule has 4 heterocycles. The Hall–Kier alpha value is -3.13. The summed E-state index contributed by atoms with van der Waals surface area (Å²) < 4.78 is 0. The molecule has 5 rings (SSSR count). The maximum absolute atomic E-state index is 13.0. The predicted octanol–water partition coefficient (Wildman–Crippen LogP) is 3.45. The number of amides is 1. The summed E-state index contributed by atoms with van der Waals surface area (Å²) in [7, 11) is 2.08. The third-order valence-corrected chi connectivity index (χ3v) is 7.68. The van der Waals surface area contributed by atoms with Crippen molar-refractivity contribution >= 4 is 34.7 Å². The van der Waals surface area contributed by atoms with Crippen molar-refractivity contribution < 1.29 is 4.79 Å². The van der Waals surface area contributed by atoms with Crippen molar-refractivity contribution in [3.8, 4) is 0 Å². The second-order valence-electron chi connectivity index (χ2n) is 8.92. The summed E-state index contributed by atoms with van der Waals surface area (Å²) in [5.74, 6) is 1.96. The normalized spacial score (nSPS) is 15.9. The number of para-hydroxylation sites is 1. The van der Waals surface area contributed by atoms with E-state index >= 15 is 0 Å². The number of carbonyl (C=O) groups is 1. The van der Waals surface area contributed by atoms with Crippen LogP contribution in [0.1, 0.15) is 23.1 Å². The zero-order chi connectivity index (χ0) is 23.5. The molecule has 0 N–H and O–H groups in total. The number of anilines is 3. The summed E-state index contributed by atoms with van der Waals surface area (Å²) in [4.78, 5) is 33.0. The van der Waals surface area contributed by atoms with Crippen molar-refractivity contribution in [3.05, 3.63) is 64.0 Å². The van der Waals surface area contributed by atoms with Gasteiger partial charge in [0.25, 0.3) is 0 Å². The van der Waals surface area contributed by atoms with E-state index in [0.29, 0.717) is 19.5 Å². The van der Waals surface area contributed by atoms with Gasteiger partial charge in [-0.05, 0) is 30.5 Å². The van der Waals surface area contributed by atoms with Crippen molar-refractivity contribution in [2.75, 3.05) is 61.0 Å². The first-order valence-electron chi connectivity index (χ1n) is 12.1. The lowest BCUT2D eigenvalue weighted by atomic mass is 10.0. The van der Waals surface area contributed by atoms with Crippen LogP contribution >= 0.6 is 11.3 Å². The van der Waals surface area contributed by atoms with Crippen molar-refractivity contribution in [2.45, 2.75) is 26.3 Å². The maximum Gasteiger partial charge on any atom is 0.228 e. The molecule has 34 heavy (non-hydrogen) atoms. The van der Waals surface area contributed by atoms with Crippen molar-refractivity contribution in [3.63, 3.8) is 0 Å². The minimum absolute atomic E-state index is 0.180. The number of aromatic nitrogens is 2. The van der Waals surface area contributed by atoms with Gasteiger partial charge in [-0.25, -0.2) is 4.98 Å². The summed E-state index contributed by atoms with van der Waals surface area (Å²) in [5.41, 5.74) is 3.46. The number of hydrogen-bond donors (Lipinski definition) is 0. The van der Waals surface area contributed by atoms with Gasteiger partial charge in [0.2, 0.25) is 11.9 Å². The highest BCUT2D eigenvalue weighted by Crippen LogP contribution is 2.29.